The van der Waals surface area contributed by atoms with Crippen LogP contribution in [-0.4, -0.2) is 27.8 Å². The molecule has 0 amide bonds. The molecule has 106 valence electrons. The Kier molecular flexibility index (Phi) is 3.22. The molecule has 0 aliphatic carbocycles. The first-order valence-electron chi connectivity index (χ1n) is 5.92. The van der Waals surface area contributed by atoms with Gasteiger partial charge >= 0.3 is 0 Å². The van der Waals surface area contributed by atoms with Gasteiger partial charge in [-0.25, -0.2) is 4.39 Å². The molecule has 0 radical (unpaired) electrons. The lowest BCUT2D eigenvalue weighted by Gasteiger charge is -2.01. The van der Waals surface area contributed by atoms with Crippen molar-refractivity contribution in [2.75, 3.05) is 0 Å². The average Bonchev–Trinajstić information content (AvgIpc) is 2.99. The molecule has 3 aromatic rings. The summed E-state index contributed by atoms with van der Waals surface area (Å²) in [4.78, 5) is 3.74. The number of hydrogen-bond acceptors (Lipinski definition) is 5. The minimum atomic E-state index is -3.88. The van der Waals surface area contributed by atoms with E-state index < -0.39 is 15.8 Å². The predicted molar refractivity (Wildman–Crippen MR) is 72.2 cm³/mol. The monoisotopic (exact) mass is 304 g/mol. The van der Waals surface area contributed by atoms with Gasteiger partial charge in [0, 0.05) is 18.0 Å². The van der Waals surface area contributed by atoms with E-state index in [4.69, 9.17) is 0 Å². The number of halogens is 1. The number of rotatable bonds is 3. The minimum Gasteiger partial charge on any atom is -0.263 e. The molecule has 21 heavy (non-hydrogen) atoms. The maximum absolute atomic E-state index is 13.7. The molecular formula is C13H9FN4O2S. The van der Waals surface area contributed by atoms with Gasteiger partial charge in [0.15, 0.2) is 0 Å². The van der Waals surface area contributed by atoms with Crippen molar-refractivity contribution < 1.29 is 12.8 Å². The van der Waals surface area contributed by atoms with Crippen molar-refractivity contribution in [3.63, 3.8) is 0 Å². The highest BCUT2D eigenvalue weighted by atomic mass is 32.2. The fraction of sp³-hybridized carbons (Fsp3) is 0. The highest BCUT2D eigenvalue weighted by Gasteiger charge is 2.20. The molecule has 0 fully saturated rings. The molecule has 2 heterocycles. The number of nitrogens with zero attached hydrogens (tertiary/aromatic N) is 4. The van der Waals surface area contributed by atoms with Gasteiger partial charge in [0.05, 0.1) is 6.20 Å². The highest BCUT2D eigenvalue weighted by molar-refractivity contribution is 7.89. The van der Waals surface area contributed by atoms with Crippen molar-refractivity contribution in [2.24, 2.45) is 0 Å². The van der Waals surface area contributed by atoms with E-state index in [1.54, 1.807) is 6.07 Å². The fourth-order valence-electron chi connectivity index (χ4n) is 1.77. The van der Waals surface area contributed by atoms with Gasteiger partial charge in [-0.1, -0.05) is 17.3 Å². The molecule has 0 atom stereocenters. The molecule has 1 aromatic carbocycles. The maximum Gasteiger partial charge on any atom is 0.285 e. The molecule has 0 saturated heterocycles. The summed E-state index contributed by atoms with van der Waals surface area (Å²) in [6.45, 7) is 0. The van der Waals surface area contributed by atoms with Crippen LogP contribution >= 0.6 is 0 Å². The van der Waals surface area contributed by atoms with E-state index in [-0.39, 0.29) is 16.2 Å². The maximum atomic E-state index is 13.7. The van der Waals surface area contributed by atoms with E-state index in [2.05, 4.69) is 15.3 Å². The van der Waals surface area contributed by atoms with E-state index in [0.717, 1.165) is 0 Å². The van der Waals surface area contributed by atoms with Crippen molar-refractivity contribution in [3.8, 4) is 11.3 Å². The predicted octanol–water partition coefficient (Wildman–Crippen LogP) is 1.72. The van der Waals surface area contributed by atoms with Crippen LogP contribution in [0.3, 0.4) is 0 Å². The molecule has 0 saturated carbocycles. The Morgan fingerprint density at radius 2 is 1.90 bits per heavy atom. The van der Waals surface area contributed by atoms with E-state index in [9.17, 15) is 12.8 Å². The molecule has 0 bridgehead atoms. The molecule has 2 aromatic heterocycles. The van der Waals surface area contributed by atoms with Crippen LogP contribution < -0.4 is 0 Å². The minimum absolute atomic E-state index is 0.0185. The van der Waals surface area contributed by atoms with E-state index in [0.29, 0.717) is 4.09 Å². The molecule has 3 rings (SSSR count). The summed E-state index contributed by atoms with van der Waals surface area (Å²) < 4.78 is 38.9. The Morgan fingerprint density at radius 1 is 1.10 bits per heavy atom. The molecule has 0 unspecified atom stereocenters. The number of aromatic nitrogens is 4. The summed E-state index contributed by atoms with van der Waals surface area (Å²) in [5.74, 6) is -0.497. The normalized spacial score (nSPS) is 11.5. The molecule has 0 aliphatic rings. The van der Waals surface area contributed by atoms with Crippen molar-refractivity contribution in [2.45, 2.75) is 4.90 Å². The van der Waals surface area contributed by atoms with Gasteiger partial charge in [0.25, 0.3) is 10.0 Å². The summed E-state index contributed by atoms with van der Waals surface area (Å²) in [6.07, 6.45) is 3.84. The SMILES string of the molecule is O=S(=O)(c1cccnc1)n1cc(-c2ccccc2F)nn1. The second-order valence-corrected chi connectivity index (χ2v) is 5.95. The summed E-state index contributed by atoms with van der Waals surface area (Å²) in [5, 5.41) is 7.28. The quantitative estimate of drug-likeness (QED) is 0.736. The number of hydrogen-bond donors (Lipinski definition) is 0. The van der Waals surface area contributed by atoms with Crippen LogP contribution in [0.5, 0.6) is 0 Å². The molecule has 0 N–H and O–H groups in total. The fourth-order valence-corrected chi connectivity index (χ4v) is 2.80. The van der Waals surface area contributed by atoms with E-state index in [1.807, 2.05) is 0 Å². The van der Waals surface area contributed by atoms with Crippen molar-refractivity contribution in [3.05, 3.63) is 60.8 Å². The lowest BCUT2D eigenvalue weighted by atomic mass is 10.1. The number of pyridine rings is 1. The van der Waals surface area contributed by atoms with Gasteiger partial charge in [-0.15, -0.1) is 9.19 Å². The van der Waals surface area contributed by atoms with Crippen LogP contribution in [-0.2, 0) is 10.0 Å². The lowest BCUT2D eigenvalue weighted by molar-refractivity contribution is 0.576. The average molecular weight is 304 g/mol. The van der Waals surface area contributed by atoms with Crippen LogP contribution in [0.2, 0.25) is 0 Å². The van der Waals surface area contributed by atoms with Crippen LogP contribution in [0.15, 0.2) is 59.9 Å². The zero-order valence-corrected chi connectivity index (χ0v) is 11.4. The Hall–Kier alpha value is -2.61. The summed E-state index contributed by atoms with van der Waals surface area (Å²) in [6, 6.07) is 8.83. The third kappa shape index (κ3) is 2.40. The van der Waals surface area contributed by atoms with Crippen LogP contribution in [0.4, 0.5) is 4.39 Å². The highest BCUT2D eigenvalue weighted by Crippen LogP contribution is 2.21. The van der Waals surface area contributed by atoms with Gasteiger partial charge in [0.2, 0.25) is 0 Å². The summed E-state index contributed by atoms with van der Waals surface area (Å²) in [7, 11) is -3.88. The Balaban J connectivity index is 2.05. The van der Waals surface area contributed by atoms with Gasteiger partial charge in [0.1, 0.15) is 16.4 Å². The number of benzene rings is 1. The second-order valence-electron chi connectivity index (χ2n) is 4.15. The second kappa shape index (κ2) is 5.06. The topological polar surface area (TPSA) is 77.7 Å². The van der Waals surface area contributed by atoms with Gasteiger partial charge in [-0.3, -0.25) is 4.98 Å². The first-order valence-corrected chi connectivity index (χ1v) is 7.36. The van der Waals surface area contributed by atoms with Gasteiger partial charge < -0.3 is 0 Å². The van der Waals surface area contributed by atoms with Crippen LogP contribution in [0.25, 0.3) is 11.3 Å². The van der Waals surface area contributed by atoms with Gasteiger partial charge in [-0.05, 0) is 24.3 Å². The lowest BCUT2D eigenvalue weighted by Crippen LogP contribution is -2.13. The first-order chi connectivity index (χ1) is 10.1. The zero-order valence-electron chi connectivity index (χ0n) is 10.6. The third-order valence-electron chi connectivity index (χ3n) is 2.80. The largest absolute Gasteiger partial charge is 0.285 e. The zero-order chi connectivity index (χ0) is 14.9. The molecule has 8 heteroatoms. The summed E-state index contributed by atoms with van der Waals surface area (Å²) >= 11 is 0. The van der Waals surface area contributed by atoms with Crippen LogP contribution in [0.1, 0.15) is 0 Å². The Labute approximate surface area is 119 Å². The molecular weight excluding hydrogens is 295 g/mol. The molecule has 0 spiro atoms. The van der Waals surface area contributed by atoms with E-state index in [1.165, 1.54) is 48.9 Å². The Bertz CT molecular complexity index is 878. The van der Waals surface area contributed by atoms with Crippen molar-refractivity contribution in [1.29, 1.82) is 0 Å². The molecule has 0 aliphatic heterocycles. The first kappa shape index (κ1) is 13.4. The van der Waals surface area contributed by atoms with Crippen molar-refractivity contribution in [1.82, 2.24) is 19.4 Å². The van der Waals surface area contributed by atoms with Crippen molar-refractivity contribution >= 4 is 10.0 Å². The van der Waals surface area contributed by atoms with Gasteiger partial charge in [-0.2, -0.15) is 8.42 Å². The smallest absolute Gasteiger partial charge is 0.263 e. The standard InChI is InChI=1S/C13H9FN4O2S/c14-12-6-2-1-5-11(12)13-9-18(17-16-13)21(19,20)10-4-3-7-15-8-10/h1-9H. The Morgan fingerprint density at radius 3 is 2.62 bits per heavy atom. The third-order valence-corrected chi connectivity index (χ3v) is 4.31. The molecule has 6 nitrogen and oxygen atoms in total. The van der Waals surface area contributed by atoms with Crippen LogP contribution in [0, 0.1) is 5.82 Å². The summed E-state index contributed by atoms with van der Waals surface area (Å²) in [5.41, 5.74) is 0.325. The van der Waals surface area contributed by atoms with E-state index >= 15 is 0 Å².